The van der Waals surface area contributed by atoms with E-state index in [9.17, 15) is 19.7 Å². The first kappa shape index (κ1) is 23.8. The van der Waals surface area contributed by atoms with Crippen LogP contribution in [0.1, 0.15) is 18.9 Å². The second-order valence-corrected chi connectivity index (χ2v) is 7.30. The van der Waals surface area contributed by atoms with E-state index in [1.807, 2.05) is 13.0 Å². The molecule has 0 atom stereocenters. The van der Waals surface area contributed by atoms with Gasteiger partial charge < -0.3 is 14.8 Å². The first-order chi connectivity index (χ1) is 14.7. The number of benzene rings is 2. The third kappa shape index (κ3) is 7.37. The molecule has 2 aromatic rings. The molecule has 0 aliphatic heterocycles. The van der Waals surface area contributed by atoms with Gasteiger partial charge in [-0.25, -0.2) is 5.43 Å². The van der Waals surface area contributed by atoms with Crippen LogP contribution in [0.2, 0.25) is 0 Å². The highest BCUT2D eigenvalue weighted by molar-refractivity contribution is 9.10. The Morgan fingerprint density at radius 3 is 2.52 bits per heavy atom. The smallest absolute Gasteiger partial charge is 0.296 e. The van der Waals surface area contributed by atoms with Gasteiger partial charge in [0.2, 0.25) is 5.91 Å². The van der Waals surface area contributed by atoms with E-state index in [1.165, 1.54) is 25.3 Å². The summed E-state index contributed by atoms with van der Waals surface area (Å²) >= 11 is 3.38. The summed E-state index contributed by atoms with van der Waals surface area (Å²) in [5.41, 5.74) is 3.31. The summed E-state index contributed by atoms with van der Waals surface area (Å²) < 4.78 is 11.3. The van der Waals surface area contributed by atoms with Crippen molar-refractivity contribution in [2.45, 2.75) is 20.3 Å². The lowest BCUT2D eigenvalue weighted by atomic mass is 10.2. The van der Waals surface area contributed by atoms with Crippen molar-refractivity contribution in [3.05, 3.63) is 56.5 Å². The van der Waals surface area contributed by atoms with Gasteiger partial charge in [-0.1, -0.05) is 15.9 Å². The molecule has 164 valence electrons. The van der Waals surface area contributed by atoms with Crippen LogP contribution in [0.3, 0.4) is 0 Å². The summed E-state index contributed by atoms with van der Waals surface area (Å²) in [6.07, 6.45) is -0.170. The summed E-state index contributed by atoms with van der Waals surface area (Å²) in [6.45, 7) is 3.19. The number of aryl methyl sites for hydroxylation is 1. The van der Waals surface area contributed by atoms with Crippen LogP contribution in [0.15, 0.2) is 46.0 Å². The highest BCUT2D eigenvalue weighted by Crippen LogP contribution is 2.29. The van der Waals surface area contributed by atoms with Crippen LogP contribution in [0, 0.1) is 17.0 Å². The van der Waals surface area contributed by atoms with Gasteiger partial charge in [0.1, 0.15) is 17.2 Å². The van der Waals surface area contributed by atoms with Crippen LogP contribution in [-0.4, -0.2) is 36.2 Å². The van der Waals surface area contributed by atoms with Gasteiger partial charge in [-0.15, -0.1) is 0 Å². The summed E-state index contributed by atoms with van der Waals surface area (Å²) in [5.74, 6) is -0.181. The van der Waals surface area contributed by atoms with Gasteiger partial charge in [-0.2, -0.15) is 5.10 Å². The molecule has 0 saturated carbocycles. The second-order valence-electron chi connectivity index (χ2n) is 6.45. The van der Waals surface area contributed by atoms with Crippen molar-refractivity contribution in [1.29, 1.82) is 0 Å². The fourth-order valence-corrected chi connectivity index (χ4v) is 2.65. The monoisotopic (exact) mass is 492 g/mol. The minimum absolute atomic E-state index is 0.0332. The highest BCUT2D eigenvalue weighted by atomic mass is 79.9. The van der Waals surface area contributed by atoms with Crippen molar-refractivity contribution in [3.63, 3.8) is 0 Å². The molecule has 31 heavy (non-hydrogen) atoms. The average molecular weight is 493 g/mol. The van der Waals surface area contributed by atoms with E-state index in [0.29, 0.717) is 17.2 Å². The number of hydrazone groups is 1. The molecule has 0 spiro atoms. The molecule has 10 nitrogen and oxygen atoms in total. The molecule has 0 unspecified atom stereocenters. The zero-order chi connectivity index (χ0) is 23.0. The summed E-state index contributed by atoms with van der Waals surface area (Å²) in [5, 5.41) is 17.5. The number of anilines is 1. The minimum atomic E-state index is -0.619. The van der Waals surface area contributed by atoms with Crippen molar-refractivity contribution in [3.8, 4) is 11.5 Å². The maximum atomic E-state index is 12.2. The lowest BCUT2D eigenvalue weighted by molar-refractivity contribution is -0.384. The predicted octanol–water partition coefficient (Wildman–Crippen LogP) is 3.57. The molecule has 0 heterocycles. The third-order valence-electron chi connectivity index (χ3n) is 3.96. The number of rotatable bonds is 9. The zero-order valence-corrected chi connectivity index (χ0v) is 18.7. The Hall–Kier alpha value is -3.47. The van der Waals surface area contributed by atoms with E-state index < -0.39 is 16.7 Å². The largest absolute Gasteiger partial charge is 0.496 e. The molecule has 0 aliphatic carbocycles. The highest BCUT2D eigenvalue weighted by Gasteiger charge is 2.17. The molecule has 0 saturated heterocycles. The van der Waals surface area contributed by atoms with E-state index in [-0.39, 0.29) is 24.4 Å². The molecule has 2 N–H and O–H groups in total. The quantitative estimate of drug-likeness (QED) is 0.312. The number of carbonyl (C=O) groups excluding carboxylic acids is 2. The van der Waals surface area contributed by atoms with E-state index in [4.69, 9.17) is 9.47 Å². The minimum Gasteiger partial charge on any atom is -0.496 e. The van der Waals surface area contributed by atoms with Gasteiger partial charge in [0.05, 0.1) is 24.5 Å². The number of ether oxygens (including phenoxy) is 2. The second kappa shape index (κ2) is 11.1. The van der Waals surface area contributed by atoms with Crippen LogP contribution < -0.4 is 20.2 Å². The Morgan fingerprint density at radius 2 is 1.87 bits per heavy atom. The molecule has 0 bridgehead atoms. The summed E-state index contributed by atoms with van der Waals surface area (Å²) in [7, 11) is 1.39. The maximum absolute atomic E-state index is 12.2. The lowest BCUT2D eigenvalue weighted by Crippen LogP contribution is -2.26. The molecule has 2 amide bonds. The van der Waals surface area contributed by atoms with Crippen LogP contribution in [-0.2, 0) is 9.59 Å². The van der Waals surface area contributed by atoms with Crippen LogP contribution >= 0.6 is 15.9 Å². The number of hydrogen-bond donors (Lipinski definition) is 2. The molecule has 0 radical (unpaired) electrons. The van der Waals surface area contributed by atoms with Crippen molar-refractivity contribution in [2.24, 2.45) is 5.10 Å². The Bertz CT molecular complexity index is 1020. The number of hydrogen-bond acceptors (Lipinski definition) is 7. The van der Waals surface area contributed by atoms with E-state index in [1.54, 1.807) is 19.1 Å². The fourth-order valence-electron chi connectivity index (χ4n) is 2.41. The van der Waals surface area contributed by atoms with Crippen LogP contribution in [0.5, 0.6) is 11.5 Å². The Morgan fingerprint density at radius 1 is 1.16 bits per heavy atom. The Balaban J connectivity index is 1.87. The van der Waals surface area contributed by atoms with Gasteiger partial charge in [0.25, 0.3) is 11.6 Å². The summed E-state index contributed by atoms with van der Waals surface area (Å²) in [6, 6.07) is 9.41. The molecule has 11 heteroatoms. The van der Waals surface area contributed by atoms with E-state index in [2.05, 4.69) is 31.8 Å². The van der Waals surface area contributed by atoms with E-state index >= 15 is 0 Å². The number of carbonyl (C=O) groups is 2. The first-order valence-corrected chi connectivity index (χ1v) is 9.82. The van der Waals surface area contributed by atoms with Crippen molar-refractivity contribution in [1.82, 2.24) is 5.43 Å². The zero-order valence-electron chi connectivity index (χ0n) is 17.1. The lowest BCUT2D eigenvalue weighted by Gasteiger charge is -2.08. The van der Waals surface area contributed by atoms with Crippen LogP contribution in [0.25, 0.3) is 0 Å². The number of methoxy groups -OCH3 is 1. The van der Waals surface area contributed by atoms with Gasteiger partial charge in [0.15, 0.2) is 6.61 Å². The number of nitrogens with one attached hydrogen (secondary N) is 2. The average Bonchev–Trinajstić information content (AvgIpc) is 2.73. The Labute approximate surface area is 186 Å². The topological polar surface area (TPSA) is 132 Å². The first-order valence-electron chi connectivity index (χ1n) is 9.03. The van der Waals surface area contributed by atoms with Crippen molar-refractivity contribution < 1.29 is 24.0 Å². The molecule has 0 aliphatic rings. The predicted molar refractivity (Wildman–Crippen MR) is 119 cm³/mol. The van der Waals surface area contributed by atoms with Gasteiger partial charge in [-0.05, 0) is 49.7 Å². The summed E-state index contributed by atoms with van der Waals surface area (Å²) in [4.78, 5) is 34.6. The maximum Gasteiger partial charge on any atom is 0.296 e. The Kier molecular flexibility index (Phi) is 8.50. The molecular weight excluding hydrogens is 472 g/mol. The normalized spacial score (nSPS) is 10.9. The molecular formula is C20H21BrN4O6. The number of halogens is 1. The third-order valence-corrected chi connectivity index (χ3v) is 4.85. The molecule has 2 rings (SSSR count). The van der Waals surface area contributed by atoms with Crippen molar-refractivity contribution in [2.75, 3.05) is 19.0 Å². The van der Waals surface area contributed by atoms with Gasteiger partial charge >= 0.3 is 0 Å². The molecule has 0 fully saturated rings. The number of nitro benzene ring substituents is 1. The van der Waals surface area contributed by atoms with Gasteiger partial charge in [0, 0.05) is 10.2 Å². The van der Waals surface area contributed by atoms with Crippen LogP contribution in [0.4, 0.5) is 11.4 Å². The van der Waals surface area contributed by atoms with Gasteiger partial charge in [-0.3, -0.25) is 19.7 Å². The fraction of sp³-hybridized carbons (Fsp3) is 0.250. The standard InChI is InChI=1S/C20H21BrN4O6/c1-12-8-15(4-6-16(12)21)31-11-20(27)24-23-13(2)9-19(26)22-17-7-5-14(30-3)10-18(17)25(28)29/h4-8,10H,9,11H2,1-3H3,(H,22,26)(H,24,27)/b23-13+. The number of amides is 2. The number of nitro groups is 1. The molecule has 2 aromatic carbocycles. The van der Waals surface area contributed by atoms with E-state index in [0.717, 1.165) is 10.0 Å². The SMILES string of the molecule is COc1ccc(NC(=O)C/C(C)=N/NC(=O)COc2ccc(Br)c(C)c2)c([N+](=O)[O-])c1. The van der Waals surface area contributed by atoms with Crippen molar-refractivity contribution >= 4 is 44.8 Å². The molecule has 0 aromatic heterocycles. The number of nitrogens with zero attached hydrogens (tertiary/aromatic N) is 2.